The summed E-state index contributed by atoms with van der Waals surface area (Å²) in [7, 11) is 1.54. The van der Waals surface area contributed by atoms with Gasteiger partial charge in [0.05, 0.1) is 18.4 Å². The summed E-state index contributed by atoms with van der Waals surface area (Å²) in [6, 6.07) is 5.27. The lowest BCUT2D eigenvalue weighted by atomic mass is 10.0. The van der Waals surface area contributed by atoms with Gasteiger partial charge in [0.25, 0.3) is 5.91 Å². The number of nitrogens with two attached hydrogens (primary N) is 2. The van der Waals surface area contributed by atoms with Gasteiger partial charge < -0.3 is 26.4 Å². The third-order valence-corrected chi connectivity index (χ3v) is 5.58. The van der Waals surface area contributed by atoms with Crippen molar-refractivity contribution in [2.45, 2.75) is 25.3 Å². The van der Waals surface area contributed by atoms with Crippen LogP contribution >= 0.6 is 0 Å². The van der Waals surface area contributed by atoms with Gasteiger partial charge >= 0.3 is 0 Å². The Morgan fingerprint density at radius 3 is 2.94 bits per heavy atom. The van der Waals surface area contributed by atoms with Crippen LogP contribution in [0.15, 0.2) is 30.7 Å². The lowest BCUT2D eigenvalue weighted by Crippen LogP contribution is -2.48. The average Bonchev–Trinajstić information content (AvgIpc) is 3.19. The minimum atomic E-state index is -0.327. The van der Waals surface area contributed by atoms with Crippen LogP contribution in [0.4, 0.5) is 5.82 Å². The Kier molecular flexibility index (Phi) is 6.17. The quantitative estimate of drug-likeness (QED) is 0.480. The molecule has 3 aromatic rings. The van der Waals surface area contributed by atoms with Gasteiger partial charge in [-0.15, -0.1) is 0 Å². The normalized spacial score (nSPS) is 16.7. The van der Waals surface area contributed by atoms with Gasteiger partial charge in [0.15, 0.2) is 5.82 Å². The molecule has 0 bridgehead atoms. The van der Waals surface area contributed by atoms with E-state index in [1.807, 2.05) is 6.07 Å². The number of aromatic nitrogens is 4. The largest absolute Gasteiger partial charge is 0.481 e. The Balaban J connectivity index is 1.61. The Bertz CT molecular complexity index is 1150. The van der Waals surface area contributed by atoms with Crippen LogP contribution in [0.3, 0.4) is 0 Å². The molecule has 0 unspecified atom stereocenters. The van der Waals surface area contributed by atoms with Gasteiger partial charge in [0, 0.05) is 43.4 Å². The predicted octanol–water partition coefficient (Wildman–Crippen LogP) is 0.452. The Morgan fingerprint density at radius 1 is 1.31 bits per heavy atom. The van der Waals surface area contributed by atoms with Crippen molar-refractivity contribution in [1.29, 1.82) is 0 Å². The monoisotopic (exact) mass is 438 g/mol. The molecular weight excluding hydrogens is 412 g/mol. The van der Waals surface area contributed by atoms with Gasteiger partial charge in [0.2, 0.25) is 11.8 Å². The Morgan fingerprint density at radius 2 is 2.16 bits per heavy atom. The van der Waals surface area contributed by atoms with Crippen molar-refractivity contribution < 1.29 is 14.3 Å². The van der Waals surface area contributed by atoms with Crippen LogP contribution in [0, 0.1) is 0 Å². The van der Waals surface area contributed by atoms with E-state index in [1.54, 1.807) is 22.8 Å². The van der Waals surface area contributed by atoms with Gasteiger partial charge in [-0.3, -0.25) is 9.59 Å². The average molecular weight is 438 g/mol. The van der Waals surface area contributed by atoms with E-state index < -0.39 is 0 Å². The van der Waals surface area contributed by atoms with E-state index in [-0.39, 0.29) is 23.7 Å². The zero-order chi connectivity index (χ0) is 22.7. The number of fused-ring (bicyclic) bond motifs is 1. The van der Waals surface area contributed by atoms with Crippen LogP contribution in [0.1, 0.15) is 29.6 Å². The third-order valence-electron chi connectivity index (χ3n) is 5.58. The number of nitrogens with zero attached hydrogens (tertiary/aromatic N) is 5. The second-order valence-corrected chi connectivity index (χ2v) is 7.77. The standard InChI is InChI=1S/C21H26N8O3/c1-32-18-9-13(4-6-24-18)16-10-15(19-20(23)25-12-26-29(16)19)21(31)27-14-3-2-7-28(11-14)8-5-17(22)30/h4,6,9-10,12,14H,2-3,5,7-8,11H2,1H3,(H2,22,30)(H,27,31)(H2,23,25,26)/t14-/m1/s1. The molecule has 32 heavy (non-hydrogen) atoms. The maximum Gasteiger partial charge on any atom is 0.253 e. The van der Waals surface area contributed by atoms with Crippen molar-refractivity contribution in [2.24, 2.45) is 5.73 Å². The van der Waals surface area contributed by atoms with Gasteiger partial charge in [-0.2, -0.15) is 5.10 Å². The van der Waals surface area contributed by atoms with E-state index in [0.29, 0.717) is 42.2 Å². The molecule has 1 saturated heterocycles. The molecule has 2 amide bonds. The van der Waals surface area contributed by atoms with Crippen LogP contribution < -0.4 is 21.5 Å². The highest BCUT2D eigenvalue weighted by atomic mass is 16.5. The molecule has 1 aliphatic heterocycles. The van der Waals surface area contributed by atoms with Gasteiger partial charge in [-0.25, -0.2) is 14.5 Å². The molecule has 0 spiro atoms. The zero-order valence-electron chi connectivity index (χ0n) is 17.8. The number of anilines is 1. The number of pyridine rings is 1. The smallest absolute Gasteiger partial charge is 0.253 e. The third kappa shape index (κ3) is 4.47. The molecule has 1 fully saturated rings. The molecule has 0 aromatic carbocycles. The first kappa shape index (κ1) is 21.5. The number of carbonyl (C=O) groups is 2. The SMILES string of the molecule is COc1cc(-c2cc(C(=O)N[C@@H]3CCCN(CCC(N)=O)C3)c3c(N)ncnn23)ccn1. The number of piperidine rings is 1. The Hall–Kier alpha value is -3.73. The molecule has 1 atom stereocenters. The first-order chi connectivity index (χ1) is 15.5. The molecule has 0 radical (unpaired) electrons. The zero-order valence-corrected chi connectivity index (χ0v) is 17.8. The second-order valence-electron chi connectivity index (χ2n) is 7.77. The number of nitrogen functional groups attached to an aromatic ring is 1. The fraction of sp³-hybridized carbons (Fsp3) is 0.381. The highest BCUT2D eigenvalue weighted by molar-refractivity contribution is 6.05. The van der Waals surface area contributed by atoms with Crippen LogP contribution in [0.25, 0.3) is 16.8 Å². The first-order valence-electron chi connectivity index (χ1n) is 10.4. The van der Waals surface area contributed by atoms with Crippen LogP contribution in [-0.4, -0.2) is 69.1 Å². The number of amides is 2. The number of likely N-dealkylation sites (tertiary alicyclic amines) is 1. The van der Waals surface area contributed by atoms with E-state index in [2.05, 4.69) is 25.3 Å². The lowest BCUT2D eigenvalue weighted by Gasteiger charge is -2.32. The number of primary amides is 1. The number of carbonyl (C=O) groups excluding carboxylic acids is 2. The summed E-state index contributed by atoms with van der Waals surface area (Å²) in [5.41, 5.74) is 13.7. The molecule has 1 aliphatic rings. The molecule has 4 rings (SSSR count). The number of methoxy groups -OCH3 is 1. The predicted molar refractivity (Wildman–Crippen MR) is 118 cm³/mol. The Labute approximate surface area is 184 Å². The van der Waals surface area contributed by atoms with Crippen molar-refractivity contribution in [2.75, 3.05) is 32.5 Å². The maximum atomic E-state index is 13.3. The van der Waals surface area contributed by atoms with Crippen molar-refractivity contribution in [1.82, 2.24) is 29.8 Å². The number of nitrogens with one attached hydrogen (secondary N) is 1. The van der Waals surface area contributed by atoms with Crippen LogP contribution in [-0.2, 0) is 4.79 Å². The van der Waals surface area contributed by atoms with E-state index in [0.717, 1.165) is 24.9 Å². The van der Waals surface area contributed by atoms with Crippen molar-refractivity contribution in [3.8, 4) is 17.1 Å². The number of rotatable bonds is 7. The maximum absolute atomic E-state index is 13.3. The van der Waals surface area contributed by atoms with Gasteiger partial charge in [0.1, 0.15) is 11.8 Å². The van der Waals surface area contributed by atoms with E-state index >= 15 is 0 Å². The summed E-state index contributed by atoms with van der Waals surface area (Å²) >= 11 is 0. The molecular formula is C21H26N8O3. The van der Waals surface area contributed by atoms with Crippen molar-refractivity contribution in [3.63, 3.8) is 0 Å². The first-order valence-corrected chi connectivity index (χ1v) is 10.4. The lowest BCUT2D eigenvalue weighted by molar-refractivity contribution is -0.118. The molecule has 0 saturated carbocycles. The topological polar surface area (TPSA) is 154 Å². The summed E-state index contributed by atoms with van der Waals surface area (Å²) in [4.78, 5) is 34.7. The summed E-state index contributed by atoms with van der Waals surface area (Å²) in [6.45, 7) is 2.13. The molecule has 3 aromatic heterocycles. The van der Waals surface area contributed by atoms with Crippen molar-refractivity contribution in [3.05, 3.63) is 36.3 Å². The summed E-state index contributed by atoms with van der Waals surface area (Å²) in [5, 5.41) is 7.41. The van der Waals surface area contributed by atoms with Gasteiger partial charge in [-0.1, -0.05) is 0 Å². The molecule has 11 nitrogen and oxygen atoms in total. The molecule has 168 valence electrons. The van der Waals surface area contributed by atoms with Crippen molar-refractivity contribution >= 4 is 23.1 Å². The van der Waals surface area contributed by atoms with Gasteiger partial charge in [-0.05, 0) is 31.5 Å². The van der Waals surface area contributed by atoms with E-state index in [1.165, 1.54) is 13.4 Å². The van der Waals surface area contributed by atoms with E-state index in [4.69, 9.17) is 16.2 Å². The number of hydrogen-bond acceptors (Lipinski definition) is 8. The summed E-state index contributed by atoms with van der Waals surface area (Å²) < 4.78 is 6.82. The highest BCUT2D eigenvalue weighted by Crippen LogP contribution is 2.29. The minimum absolute atomic E-state index is 0.0469. The number of hydrogen-bond donors (Lipinski definition) is 3. The summed E-state index contributed by atoms with van der Waals surface area (Å²) in [6.07, 6.45) is 5.06. The van der Waals surface area contributed by atoms with Crippen LogP contribution in [0.2, 0.25) is 0 Å². The second kappa shape index (κ2) is 9.18. The molecule has 5 N–H and O–H groups in total. The summed E-state index contributed by atoms with van der Waals surface area (Å²) in [5.74, 6) is 0.0816. The van der Waals surface area contributed by atoms with E-state index in [9.17, 15) is 9.59 Å². The minimum Gasteiger partial charge on any atom is -0.481 e. The van der Waals surface area contributed by atoms with Crippen LogP contribution in [0.5, 0.6) is 5.88 Å². The molecule has 4 heterocycles. The number of ether oxygens (including phenoxy) is 1. The molecule has 11 heteroatoms. The molecule has 0 aliphatic carbocycles. The fourth-order valence-corrected chi connectivity index (χ4v) is 4.03. The fourth-order valence-electron chi connectivity index (χ4n) is 4.03. The highest BCUT2D eigenvalue weighted by Gasteiger charge is 2.25.